The molecular formula is C19H17Cl3N2O2. The van der Waals surface area contributed by atoms with Gasteiger partial charge in [0.05, 0.1) is 26.8 Å². The van der Waals surface area contributed by atoms with E-state index >= 15 is 0 Å². The summed E-state index contributed by atoms with van der Waals surface area (Å²) in [7, 11) is 0. The summed E-state index contributed by atoms with van der Waals surface area (Å²) < 4.78 is 0. The first-order valence-corrected chi connectivity index (χ1v) is 9.29. The molecule has 0 saturated heterocycles. The number of nitrogens with one attached hydrogen (secondary N) is 1. The number of hydrogen-bond donors (Lipinski definition) is 3. The van der Waals surface area contributed by atoms with E-state index in [4.69, 9.17) is 40.5 Å². The second kappa shape index (κ2) is 7.89. The summed E-state index contributed by atoms with van der Waals surface area (Å²) in [5, 5.41) is 11.7. The van der Waals surface area contributed by atoms with Gasteiger partial charge in [-0.1, -0.05) is 34.8 Å². The number of aromatic amines is 1. The Bertz CT molecular complexity index is 983. The summed E-state index contributed by atoms with van der Waals surface area (Å²) in [4.78, 5) is 15.0. The Morgan fingerprint density at radius 1 is 1.08 bits per heavy atom. The van der Waals surface area contributed by atoms with E-state index < -0.39 is 5.97 Å². The average Bonchev–Trinajstić information content (AvgIpc) is 2.95. The van der Waals surface area contributed by atoms with Gasteiger partial charge in [0.1, 0.15) is 0 Å². The Kier molecular flexibility index (Phi) is 5.78. The molecule has 4 N–H and O–H groups in total. The molecule has 0 radical (unpaired) electrons. The average molecular weight is 412 g/mol. The van der Waals surface area contributed by atoms with Crippen LogP contribution in [0.5, 0.6) is 0 Å². The first-order chi connectivity index (χ1) is 12.4. The first-order valence-electron chi connectivity index (χ1n) is 8.16. The smallest absolute Gasteiger partial charge is 0.336 e. The number of carboxylic acids is 1. The van der Waals surface area contributed by atoms with Gasteiger partial charge in [0.2, 0.25) is 0 Å². The van der Waals surface area contributed by atoms with E-state index in [1.165, 1.54) is 6.07 Å². The lowest BCUT2D eigenvalue weighted by Gasteiger charge is -2.08. The third-order valence-corrected chi connectivity index (χ3v) is 5.18. The van der Waals surface area contributed by atoms with Crippen LogP contribution < -0.4 is 5.73 Å². The van der Waals surface area contributed by atoms with Crippen LogP contribution in [-0.4, -0.2) is 22.6 Å². The number of nitrogens with two attached hydrogens (primary N) is 1. The minimum atomic E-state index is -1.00. The highest BCUT2D eigenvalue weighted by molar-refractivity contribution is 6.37. The van der Waals surface area contributed by atoms with Crippen molar-refractivity contribution in [2.75, 3.05) is 6.54 Å². The topological polar surface area (TPSA) is 79.1 Å². The van der Waals surface area contributed by atoms with Crippen molar-refractivity contribution < 1.29 is 9.90 Å². The van der Waals surface area contributed by atoms with Gasteiger partial charge in [-0.05, 0) is 61.7 Å². The maximum atomic E-state index is 11.7. The molecule has 0 unspecified atom stereocenters. The molecule has 1 heterocycles. The number of benzene rings is 2. The van der Waals surface area contributed by atoms with Crippen LogP contribution in [0.3, 0.4) is 0 Å². The Balaban J connectivity index is 2.30. The van der Waals surface area contributed by atoms with E-state index in [0.717, 1.165) is 29.7 Å². The van der Waals surface area contributed by atoms with Crippen LogP contribution in [0, 0.1) is 0 Å². The van der Waals surface area contributed by atoms with Crippen molar-refractivity contribution in [3.63, 3.8) is 0 Å². The lowest BCUT2D eigenvalue weighted by Crippen LogP contribution is -2.01. The van der Waals surface area contributed by atoms with E-state index in [0.29, 0.717) is 38.9 Å². The number of halogens is 3. The minimum absolute atomic E-state index is 0.208. The van der Waals surface area contributed by atoms with Gasteiger partial charge in [-0.3, -0.25) is 0 Å². The fraction of sp³-hybridized carbons (Fsp3) is 0.211. The van der Waals surface area contributed by atoms with Crippen molar-refractivity contribution in [3.05, 3.63) is 56.5 Å². The van der Waals surface area contributed by atoms with Crippen LogP contribution >= 0.6 is 34.8 Å². The van der Waals surface area contributed by atoms with Crippen LogP contribution in [0.1, 0.15) is 28.8 Å². The van der Waals surface area contributed by atoms with Crippen molar-refractivity contribution in [1.29, 1.82) is 0 Å². The van der Waals surface area contributed by atoms with Crippen LogP contribution in [0.25, 0.3) is 22.2 Å². The van der Waals surface area contributed by atoms with Gasteiger partial charge in [0.25, 0.3) is 0 Å². The zero-order chi connectivity index (χ0) is 18.8. The van der Waals surface area contributed by atoms with Gasteiger partial charge >= 0.3 is 5.97 Å². The normalized spacial score (nSPS) is 11.2. The zero-order valence-corrected chi connectivity index (χ0v) is 16.0. The zero-order valence-electron chi connectivity index (χ0n) is 13.8. The van der Waals surface area contributed by atoms with Crippen molar-refractivity contribution in [3.8, 4) is 11.3 Å². The Morgan fingerprint density at radius 3 is 2.50 bits per heavy atom. The molecule has 0 atom stereocenters. The van der Waals surface area contributed by atoms with Crippen molar-refractivity contribution in [1.82, 2.24) is 4.98 Å². The molecule has 2 aromatic carbocycles. The van der Waals surface area contributed by atoms with Gasteiger partial charge in [0, 0.05) is 16.0 Å². The summed E-state index contributed by atoms with van der Waals surface area (Å²) in [5.41, 5.74) is 8.80. The fourth-order valence-electron chi connectivity index (χ4n) is 3.13. The standard InChI is InChI=1S/C19H17Cl3N2O2/c20-10-4-5-11(15(22)9-10)17-12(3-1-2-8-23)16-13(19(25)26)6-7-14(21)18(16)24-17/h4-7,9,24H,1-3,8,23H2,(H,25,26). The second-order valence-corrected chi connectivity index (χ2v) is 7.25. The van der Waals surface area contributed by atoms with E-state index in [2.05, 4.69) is 4.98 Å². The summed E-state index contributed by atoms with van der Waals surface area (Å²) in [6.45, 7) is 0.575. The molecule has 0 fully saturated rings. The Morgan fingerprint density at radius 2 is 1.85 bits per heavy atom. The number of aromatic carboxylic acids is 1. The number of H-pyrrole nitrogens is 1. The van der Waals surface area contributed by atoms with Crippen LogP contribution in [0.2, 0.25) is 15.1 Å². The predicted molar refractivity (Wildman–Crippen MR) is 108 cm³/mol. The quantitative estimate of drug-likeness (QED) is 0.450. The largest absolute Gasteiger partial charge is 0.478 e. The molecule has 0 aliphatic carbocycles. The van der Waals surface area contributed by atoms with Gasteiger partial charge in [0.15, 0.2) is 0 Å². The summed E-state index contributed by atoms with van der Waals surface area (Å²) in [5.74, 6) is -1.00. The monoisotopic (exact) mass is 410 g/mol. The molecule has 7 heteroatoms. The van der Waals surface area contributed by atoms with Crippen LogP contribution in [0.4, 0.5) is 0 Å². The molecule has 3 aromatic rings. The van der Waals surface area contributed by atoms with Crippen LogP contribution in [-0.2, 0) is 6.42 Å². The van der Waals surface area contributed by atoms with Gasteiger partial charge < -0.3 is 15.8 Å². The third-order valence-electron chi connectivity index (χ3n) is 4.32. The van der Waals surface area contributed by atoms with Crippen molar-refractivity contribution >= 4 is 51.7 Å². The number of hydrogen-bond acceptors (Lipinski definition) is 2. The molecule has 136 valence electrons. The molecular weight excluding hydrogens is 395 g/mol. The number of aromatic nitrogens is 1. The van der Waals surface area contributed by atoms with Gasteiger partial charge in [-0.2, -0.15) is 0 Å². The van der Waals surface area contributed by atoms with E-state index in [1.807, 2.05) is 6.07 Å². The molecule has 0 spiro atoms. The Hall–Kier alpha value is -1.72. The molecule has 0 aliphatic rings. The molecule has 1 aromatic heterocycles. The maximum absolute atomic E-state index is 11.7. The van der Waals surface area contributed by atoms with Crippen molar-refractivity contribution in [2.45, 2.75) is 19.3 Å². The fourth-order valence-corrected chi connectivity index (χ4v) is 3.84. The molecule has 0 aliphatic heterocycles. The molecule has 26 heavy (non-hydrogen) atoms. The number of rotatable bonds is 6. The summed E-state index contributed by atoms with van der Waals surface area (Å²) in [6, 6.07) is 8.34. The minimum Gasteiger partial charge on any atom is -0.478 e. The van der Waals surface area contributed by atoms with Crippen LogP contribution in [0.15, 0.2) is 30.3 Å². The van der Waals surface area contributed by atoms with Gasteiger partial charge in [-0.15, -0.1) is 0 Å². The number of carboxylic acid groups (broad SMARTS) is 1. The van der Waals surface area contributed by atoms with Crippen molar-refractivity contribution in [2.24, 2.45) is 5.73 Å². The molecule has 0 amide bonds. The Labute approximate surface area is 165 Å². The molecule has 3 rings (SSSR count). The first kappa shape index (κ1) is 19.1. The van der Waals surface area contributed by atoms with E-state index in [9.17, 15) is 9.90 Å². The molecule has 0 saturated carbocycles. The van der Waals surface area contributed by atoms with E-state index in [1.54, 1.807) is 18.2 Å². The highest BCUT2D eigenvalue weighted by atomic mass is 35.5. The predicted octanol–water partition coefficient (Wildman–Crippen LogP) is 5.77. The molecule has 4 nitrogen and oxygen atoms in total. The highest BCUT2D eigenvalue weighted by Crippen LogP contribution is 2.39. The third kappa shape index (κ3) is 3.55. The summed E-state index contributed by atoms with van der Waals surface area (Å²) >= 11 is 18.7. The van der Waals surface area contributed by atoms with E-state index in [-0.39, 0.29) is 5.56 Å². The number of unbranched alkanes of at least 4 members (excludes halogenated alkanes) is 1. The number of carbonyl (C=O) groups is 1. The highest BCUT2D eigenvalue weighted by Gasteiger charge is 2.21. The number of fused-ring (bicyclic) bond motifs is 1. The maximum Gasteiger partial charge on any atom is 0.336 e. The number of aryl methyl sites for hydroxylation is 1. The second-order valence-electron chi connectivity index (χ2n) is 6.00. The van der Waals surface area contributed by atoms with Gasteiger partial charge in [-0.25, -0.2) is 4.79 Å². The summed E-state index contributed by atoms with van der Waals surface area (Å²) in [6.07, 6.45) is 2.32. The lowest BCUT2D eigenvalue weighted by molar-refractivity contribution is 0.0699. The molecule has 0 bridgehead atoms. The lowest BCUT2D eigenvalue weighted by atomic mass is 9.97. The SMILES string of the molecule is NCCCCc1c(-c2ccc(Cl)cc2Cl)[nH]c2c(Cl)ccc(C(=O)O)c12.